The molecule has 0 aliphatic carbocycles. The highest BCUT2D eigenvalue weighted by molar-refractivity contribution is 6.00. The van der Waals surface area contributed by atoms with E-state index in [1.807, 2.05) is 0 Å². The second kappa shape index (κ2) is 2.87. The standard InChI is InChI=1S/C11H10O3/c1-6-10-8(13)4-3-5-9(10)14-11(6)7(2)12/h3-5,13H,1-2H3. The topological polar surface area (TPSA) is 50.4 Å². The van der Waals surface area contributed by atoms with Crippen molar-refractivity contribution in [2.75, 3.05) is 0 Å². The second-order valence-electron chi connectivity index (χ2n) is 3.26. The summed E-state index contributed by atoms with van der Waals surface area (Å²) in [5, 5.41) is 10.2. The van der Waals surface area contributed by atoms with Crippen molar-refractivity contribution in [1.29, 1.82) is 0 Å². The van der Waals surface area contributed by atoms with Gasteiger partial charge >= 0.3 is 0 Å². The molecule has 0 saturated heterocycles. The van der Waals surface area contributed by atoms with E-state index in [0.29, 0.717) is 22.3 Å². The lowest BCUT2D eigenvalue weighted by molar-refractivity contribution is 0.0988. The number of hydrogen-bond donors (Lipinski definition) is 1. The summed E-state index contributed by atoms with van der Waals surface area (Å²) in [5.41, 5.74) is 1.25. The third kappa shape index (κ3) is 1.09. The lowest BCUT2D eigenvalue weighted by Gasteiger charge is -1.93. The Bertz CT molecular complexity index is 508. The van der Waals surface area contributed by atoms with Crippen LogP contribution < -0.4 is 0 Å². The molecule has 1 aromatic carbocycles. The molecule has 14 heavy (non-hydrogen) atoms. The van der Waals surface area contributed by atoms with Crippen LogP contribution in [0.25, 0.3) is 11.0 Å². The molecule has 0 bridgehead atoms. The highest BCUT2D eigenvalue weighted by atomic mass is 16.3. The minimum absolute atomic E-state index is 0.127. The summed E-state index contributed by atoms with van der Waals surface area (Å²) in [6, 6.07) is 4.99. The van der Waals surface area contributed by atoms with Crippen LogP contribution in [0.1, 0.15) is 23.0 Å². The Morgan fingerprint density at radius 3 is 2.71 bits per heavy atom. The molecule has 0 spiro atoms. The molecule has 3 nitrogen and oxygen atoms in total. The smallest absolute Gasteiger partial charge is 0.195 e. The Kier molecular flexibility index (Phi) is 1.81. The number of carbonyl (C=O) groups is 1. The average Bonchev–Trinajstić information content (AvgIpc) is 2.45. The number of carbonyl (C=O) groups excluding carboxylic acids is 1. The number of hydrogen-bond acceptors (Lipinski definition) is 3. The van der Waals surface area contributed by atoms with Crippen molar-refractivity contribution in [3.63, 3.8) is 0 Å². The molecular formula is C11H10O3. The number of phenols is 1. The van der Waals surface area contributed by atoms with Crippen LogP contribution in [0.4, 0.5) is 0 Å². The molecule has 3 heteroatoms. The Morgan fingerprint density at radius 2 is 2.14 bits per heavy atom. The van der Waals surface area contributed by atoms with Gasteiger partial charge in [-0.15, -0.1) is 0 Å². The molecule has 0 radical (unpaired) electrons. The Morgan fingerprint density at radius 1 is 1.43 bits per heavy atom. The van der Waals surface area contributed by atoms with Crippen molar-refractivity contribution < 1.29 is 14.3 Å². The molecule has 0 aliphatic heterocycles. The SMILES string of the molecule is CC(=O)c1oc2cccc(O)c2c1C. The largest absolute Gasteiger partial charge is 0.507 e. The molecule has 0 saturated carbocycles. The van der Waals surface area contributed by atoms with Crippen LogP contribution >= 0.6 is 0 Å². The molecule has 72 valence electrons. The van der Waals surface area contributed by atoms with Gasteiger partial charge in [0.15, 0.2) is 11.5 Å². The van der Waals surface area contributed by atoms with E-state index in [2.05, 4.69) is 0 Å². The third-order valence-corrected chi connectivity index (χ3v) is 2.25. The van der Waals surface area contributed by atoms with E-state index >= 15 is 0 Å². The van der Waals surface area contributed by atoms with Gasteiger partial charge in [0, 0.05) is 12.5 Å². The maximum atomic E-state index is 11.2. The summed E-state index contributed by atoms with van der Waals surface area (Å²) < 4.78 is 5.33. The summed E-state index contributed by atoms with van der Waals surface area (Å²) in [7, 11) is 0. The predicted octanol–water partition coefficient (Wildman–Crippen LogP) is 2.65. The van der Waals surface area contributed by atoms with Crippen molar-refractivity contribution in [1.82, 2.24) is 0 Å². The third-order valence-electron chi connectivity index (χ3n) is 2.25. The number of aryl methyl sites for hydroxylation is 1. The zero-order chi connectivity index (χ0) is 10.3. The summed E-state index contributed by atoms with van der Waals surface area (Å²) in [6.07, 6.45) is 0. The number of phenolic OH excluding ortho intramolecular Hbond substituents is 1. The van der Waals surface area contributed by atoms with Crippen LogP contribution in [0.5, 0.6) is 5.75 Å². The summed E-state index contributed by atoms with van der Waals surface area (Å²) >= 11 is 0. The van der Waals surface area contributed by atoms with E-state index in [4.69, 9.17) is 4.42 Å². The molecular weight excluding hydrogens is 180 g/mol. The van der Waals surface area contributed by atoms with Gasteiger partial charge in [-0.25, -0.2) is 0 Å². The first kappa shape index (κ1) is 8.81. The monoisotopic (exact) mass is 190 g/mol. The highest BCUT2D eigenvalue weighted by Crippen LogP contribution is 2.32. The Balaban J connectivity index is 2.87. The Labute approximate surface area is 81.0 Å². The molecule has 1 heterocycles. The van der Waals surface area contributed by atoms with Crippen molar-refractivity contribution in [2.24, 2.45) is 0 Å². The van der Waals surface area contributed by atoms with Gasteiger partial charge in [0.1, 0.15) is 11.3 Å². The number of rotatable bonds is 1. The molecule has 0 fully saturated rings. The van der Waals surface area contributed by atoms with Crippen molar-refractivity contribution in [3.05, 3.63) is 29.5 Å². The van der Waals surface area contributed by atoms with Gasteiger partial charge in [-0.05, 0) is 19.1 Å². The summed E-state index contributed by atoms with van der Waals surface area (Å²) in [4.78, 5) is 11.2. The number of furan rings is 1. The van der Waals surface area contributed by atoms with Gasteiger partial charge in [-0.2, -0.15) is 0 Å². The van der Waals surface area contributed by atoms with Gasteiger partial charge in [0.05, 0.1) is 5.39 Å². The lowest BCUT2D eigenvalue weighted by atomic mass is 10.1. The van der Waals surface area contributed by atoms with Gasteiger partial charge in [-0.3, -0.25) is 4.79 Å². The average molecular weight is 190 g/mol. The van der Waals surface area contributed by atoms with E-state index in [9.17, 15) is 9.90 Å². The van der Waals surface area contributed by atoms with Crippen LogP contribution in [0.15, 0.2) is 22.6 Å². The molecule has 0 unspecified atom stereocenters. The maximum absolute atomic E-state index is 11.2. The van der Waals surface area contributed by atoms with E-state index < -0.39 is 0 Å². The fourth-order valence-corrected chi connectivity index (χ4v) is 1.62. The van der Waals surface area contributed by atoms with Crippen LogP contribution in [-0.4, -0.2) is 10.9 Å². The van der Waals surface area contributed by atoms with Gasteiger partial charge in [0.2, 0.25) is 0 Å². The first-order valence-electron chi connectivity index (χ1n) is 4.33. The normalized spacial score (nSPS) is 10.7. The van der Waals surface area contributed by atoms with Crippen LogP contribution in [0, 0.1) is 6.92 Å². The molecule has 0 atom stereocenters. The zero-order valence-electron chi connectivity index (χ0n) is 8.00. The van der Waals surface area contributed by atoms with Gasteiger partial charge in [0.25, 0.3) is 0 Å². The van der Waals surface area contributed by atoms with E-state index in [1.54, 1.807) is 25.1 Å². The molecule has 0 amide bonds. The van der Waals surface area contributed by atoms with Crippen LogP contribution in [-0.2, 0) is 0 Å². The summed E-state index contributed by atoms with van der Waals surface area (Å²) in [5.74, 6) is 0.343. The van der Waals surface area contributed by atoms with E-state index in [-0.39, 0.29) is 11.5 Å². The lowest BCUT2D eigenvalue weighted by Crippen LogP contribution is -1.90. The Hall–Kier alpha value is -1.77. The minimum atomic E-state index is -0.127. The molecule has 1 aromatic heterocycles. The molecule has 1 N–H and O–H groups in total. The van der Waals surface area contributed by atoms with Gasteiger partial charge in [-0.1, -0.05) is 6.07 Å². The highest BCUT2D eigenvalue weighted by Gasteiger charge is 2.15. The van der Waals surface area contributed by atoms with Crippen molar-refractivity contribution in [2.45, 2.75) is 13.8 Å². The van der Waals surface area contributed by atoms with Crippen LogP contribution in [0.3, 0.4) is 0 Å². The molecule has 2 aromatic rings. The van der Waals surface area contributed by atoms with E-state index in [0.717, 1.165) is 0 Å². The fourth-order valence-electron chi connectivity index (χ4n) is 1.62. The van der Waals surface area contributed by atoms with E-state index in [1.165, 1.54) is 6.92 Å². The zero-order valence-corrected chi connectivity index (χ0v) is 8.00. The number of aromatic hydroxyl groups is 1. The van der Waals surface area contributed by atoms with Crippen molar-refractivity contribution in [3.8, 4) is 5.75 Å². The first-order chi connectivity index (χ1) is 6.61. The second-order valence-corrected chi connectivity index (χ2v) is 3.26. The molecule has 0 aliphatic rings. The fraction of sp³-hybridized carbons (Fsp3) is 0.182. The molecule has 2 rings (SSSR count). The number of benzene rings is 1. The quantitative estimate of drug-likeness (QED) is 0.703. The maximum Gasteiger partial charge on any atom is 0.195 e. The summed E-state index contributed by atoms with van der Waals surface area (Å²) in [6.45, 7) is 3.21. The van der Waals surface area contributed by atoms with Crippen LogP contribution in [0.2, 0.25) is 0 Å². The number of ketones is 1. The number of Topliss-reactive ketones (excluding diaryl/α,β-unsaturated/α-hetero) is 1. The van der Waals surface area contributed by atoms with Crippen molar-refractivity contribution >= 4 is 16.8 Å². The predicted molar refractivity (Wildman–Crippen MR) is 52.6 cm³/mol. The minimum Gasteiger partial charge on any atom is -0.507 e. The van der Waals surface area contributed by atoms with Gasteiger partial charge < -0.3 is 9.52 Å². The first-order valence-corrected chi connectivity index (χ1v) is 4.33. The number of fused-ring (bicyclic) bond motifs is 1.